The van der Waals surface area contributed by atoms with Gasteiger partial charge in [0.1, 0.15) is 42.2 Å². The molecule has 0 aromatic heterocycles. The Hall–Kier alpha value is -3.23. The summed E-state index contributed by atoms with van der Waals surface area (Å²) in [7, 11) is 0. The molecule has 7 unspecified atom stereocenters. The highest BCUT2D eigenvalue weighted by Gasteiger charge is 2.45. The Morgan fingerprint density at radius 3 is 2.26 bits per heavy atom. The van der Waals surface area contributed by atoms with Crippen LogP contribution in [0.25, 0.3) is 0 Å². The topological polar surface area (TPSA) is 173 Å². The van der Waals surface area contributed by atoms with Crippen LogP contribution in [0.5, 0.6) is 0 Å². The molecule has 300 valence electrons. The van der Waals surface area contributed by atoms with Crippen molar-refractivity contribution in [2.75, 3.05) is 19.8 Å². The van der Waals surface area contributed by atoms with Gasteiger partial charge in [-0.3, -0.25) is 4.79 Å². The number of allylic oxidation sites excluding steroid dienone is 14. The van der Waals surface area contributed by atoms with Gasteiger partial charge in [0.15, 0.2) is 6.29 Å². The Labute approximate surface area is 322 Å². The average Bonchev–Trinajstić information content (AvgIpc) is 3.10. The molecule has 11 nitrogen and oxygen atoms in total. The minimum absolute atomic E-state index is 0.0329. The van der Waals surface area contributed by atoms with Gasteiger partial charge in [0, 0.05) is 12.1 Å². The van der Waals surface area contributed by atoms with Gasteiger partial charge < -0.3 is 50.4 Å². The molecule has 0 aromatic rings. The zero-order chi connectivity index (χ0) is 40.0. The fourth-order valence-corrected chi connectivity index (χ4v) is 6.17. The summed E-state index contributed by atoms with van der Waals surface area (Å²) in [6.45, 7) is 15.9. The lowest BCUT2D eigenvalue weighted by Crippen LogP contribution is -2.62. The van der Waals surface area contributed by atoms with E-state index in [2.05, 4.69) is 32.2 Å². The molecule has 11 atom stereocenters. The Balaban J connectivity index is 1.87. The second-order valence-electron chi connectivity index (χ2n) is 15.3. The lowest BCUT2D eigenvalue weighted by atomic mass is 9.96. The fourth-order valence-electron chi connectivity index (χ4n) is 6.17. The number of nitrogens with one attached hydrogen (secondary N) is 1. The number of hydrogen-bond donors (Lipinski definition) is 6. The smallest absolute Gasteiger partial charge is 0.247 e. The first-order chi connectivity index (χ1) is 25.5. The van der Waals surface area contributed by atoms with Crippen LogP contribution in [0.15, 0.2) is 107 Å². The lowest BCUT2D eigenvalue weighted by molar-refractivity contribution is -0.279. The summed E-state index contributed by atoms with van der Waals surface area (Å²) in [5, 5.41) is 46.6. The van der Waals surface area contributed by atoms with Gasteiger partial charge in [-0.05, 0) is 52.9 Å². The van der Waals surface area contributed by atoms with Crippen molar-refractivity contribution in [2.45, 2.75) is 122 Å². The van der Waals surface area contributed by atoms with Gasteiger partial charge in [-0.1, -0.05) is 123 Å². The quantitative estimate of drug-likeness (QED) is 0.228. The summed E-state index contributed by atoms with van der Waals surface area (Å²) in [5.74, 6) is 0.376. The monoisotopic (exact) mass is 752 g/mol. The molecule has 3 aliphatic heterocycles. The Morgan fingerprint density at radius 1 is 0.870 bits per heavy atom. The van der Waals surface area contributed by atoms with E-state index in [-0.39, 0.29) is 25.0 Å². The second kappa shape index (κ2) is 21.8. The van der Waals surface area contributed by atoms with Crippen molar-refractivity contribution in [3.8, 4) is 0 Å². The molecule has 54 heavy (non-hydrogen) atoms. The minimum Gasteiger partial charge on any atom is -0.388 e. The van der Waals surface area contributed by atoms with Gasteiger partial charge in [0.2, 0.25) is 5.91 Å². The summed E-state index contributed by atoms with van der Waals surface area (Å²) in [6.07, 6.45) is 18.7. The zero-order valence-electron chi connectivity index (χ0n) is 33.2. The molecule has 2 fully saturated rings. The molecule has 7 N–H and O–H groups in total. The standard InChI is InChI=1S/C43H64N2O9/c1-27(2)21-33-23-30(5)16-10-9-13-20-43(8,50)36(19-12-11-15-28(3)17-14-18-29(4)22-31(6)24-45-41(33)49)54-42-37(44)39(47)34(26-52-42)53-35-25-51-32(7)38(46)40(35)48/h9-20,22-23,27,31-32,34-40,42,46-48,50H,21,24-26,44H2,1-8H3,(H,45,49)/b10-9+,15-11-,18-14-,19-12+,20-13+,28-17-,29-22-,30-16-,33-23-/t31-,32?,34?,35?,36?,37?,38-,39-,40?,42?,43+/m0/s1. The van der Waals surface area contributed by atoms with Crippen LogP contribution in [0.4, 0.5) is 0 Å². The van der Waals surface area contributed by atoms with Crippen molar-refractivity contribution in [3.05, 3.63) is 107 Å². The molecule has 3 heterocycles. The molecule has 0 aliphatic carbocycles. The summed E-state index contributed by atoms with van der Waals surface area (Å²) in [4.78, 5) is 13.2. The van der Waals surface area contributed by atoms with E-state index in [0.717, 1.165) is 16.7 Å². The Bertz CT molecular complexity index is 1500. The first-order valence-electron chi connectivity index (χ1n) is 18.9. The molecular formula is C43H64N2O9. The number of carbonyl (C=O) groups is 1. The van der Waals surface area contributed by atoms with Crippen LogP contribution in [0.2, 0.25) is 0 Å². The molecule has 11 heteroatoms. The Morgan fingerprint density at radius 2 is 1.54 bits per heavy atom. The molecule has 2 saturated heterocycles. The van der Waals surface area contributed by atoms with Crippen molar-refractivity contribution >= 4 is 5.91 Å². The van der Waals surface area contributed by atoms with Gasteiger partial charge in [-0.25, -0.2) is 0 Å². The van der Waals surface area contributed by atoms with Crippen molar-refractivity contribution in [1.29, 1.82) is 0 Å². The number of amides is 1. The molecule has 0 spiro atoms. The highest BCUT2D eigenvalue weighted by atomic mass is 16.7. The van der Waals surface area contributed by atoms with Crippen molar-refractivity contribution in [3.63, 3.8) is 0 Å². The maximum absolute atomic E-state index is 13.2. The van der Waals surface area contributed by atoms with E-state index in [1.54, 1.807) is 44.2 Å². The first kappa shape index (κ1) is 45.2. The summed E-state index contributed by atoms with van der Waals surface area (Å²) < 4.78 is 23.6. The third kappa shape index (κ3) is 14.4. The molecule has 3 rings (SSSR count). The predicted molar refractivity (Wildman–Crippen MR) is 212 cm³/mol. The maximum atomic E-state index is 13.2. The number of hydrogen-bond acceptors (Lipinski definition) is 10. The van der Waals surface area contributed by atoms with Crippen LogP contribution in [-0.4, -0.2) is 107 Å². The first-order valence-corrected chi connectivity index (χ1v) is 18.9. The van der Waals surface area contributed by atoms with E-state index >= 15 is 0 Å². The fraction of sp³-hybridized carbons (Fsp3) is 0.558. The molecule has 1 amide bonds. The number of carbonyl (C=O) groups excluding carboxylic acids is 1. The number of aliphatic hydroxyl groups excluding tert-OH is 3. The van der Waals surface area contributed by atoms with Crippen LogP contribution < -0.4 is 11.1 Å². The van der Waals surface area contributed by atoms with Crippen LogP contribution in [0, 0.1) is 11.8 Å². The highest BCUT2D eigenvalue weighted by Crippen LogP contribution is 2.27. The number of nitrogens with two attached hydrogens (primary N) is 1. The summed E-state index contributed by atoms with van der Waals surface area (Å²) in [6, 6.07) is -1.07. The summed E-state index contributed by atoms with van der Waals surface area (Å²) >= 11 is 0. The van der Waals surface area contributed by atoms with E-state index in [1.807, 2.05) is 69.4 Å². The SMILES string of the molecule is CC1=C/C=C\C(C)=C/[C@H](C)CNC(=O)\C(CC(C)C)=C/C(C)=C\C=C\C=C\[C@@](C)(O)C(OC2OCC(OC3COC(C)[C@H](O)C3O)[C@H](O)C2N)/C=C/C=C\1. The van der Waals surface area contributed by atoms with E-state index in [0.29, 0.717) is 24.5 Å². The van der Waals surface area contributed by atoms with Crippen molar-refractivity contribution in [2.24, 2.45) is 17.6 Å². The van der Waals surface area contributed by atoms with E-state index < -0.39 is 60.7 Å². The van der Waals surface area contributed by atoms with Crippen LogP contribution in [0.1, 0.15) is 61.8 Å². The van der Waals surface area contributed by atoms with Crippen molar-refractivity contribution < 1.29 is 44.2 Å². The zero-order valence-corrected chi connectivity index (χ0v) is 33.2. The number of rotatable bonds is 6. The molecule has 0 radical (unpaired) electrons. The number of aliphatic hydroxyl groups is 4. The van der Waals surface area contributed by atoms with Crippen LogP contribution >= 0.6 is 0 Å². The predicted octanol–water partition coefficient (Wildman–Crippen LogP) is 4.42. The molecular weight excluding hydrogens is 688 g/mol. The number of ether oxygens (including phenoxy) is 4. The minimum atomic E-state index is -1.55. The van der Waals surface area contributed by atoms with Gasteiger partial charge in [0.25, 0.3) is 0 Å². The van der Waals surface area contributed by atoms with Gasteiger partial charge in [-0.2, -0.15) is 0 Å². The highest BCUT2D eigenvalue weighted by molar-refractivity contribution is 5.93. The largest absolute Gasteiger partial charge is 0.388 e. The third-order valence-corrected chi connectivity index (χ3v) is 9.40. The van der Waals surface area contributed by atoms with Gasteiger partial charge >= 0.3 is 0 Å². The van der Waals surface area contributed by atoms with Gasteiger partial charge in [0.05, 0.1) is 25.4 Å². The summed E-state index contributed by atoms with van der Waals surface area (Å²) in [5.41, 5.74) is 8.55. The second-order valence-corrected chi connectivity index (χ2v) is 15.3. The normalized spacial score (nSPS) is 42.3. The molecule has 0 bridgehead atoms. The average molecular weight is 753 g/mol. The van der Waals surface area contributed by atoms with Gasteiger partial charge in [-0.15, -0.1) is 0 Å². The maximum Gasteiger partial charge on any atom is 0.247 e. The molecule has 0 saturated carbocycles. The molecule has 0 aromatic carbocycles. The van der Waals surface area contributed by atoms with E-state index in [1.165, 1.54) is 0 Å². The molecule has 3 aliphatic rings. The Kier molecular flexibility index (Phi) is 18.2. The van der Waals surface area contributed by atoms with Crippen LogP contribution in [-0.2, 0) is 23.7 Å². The lowest BCUT2D eigenvalue weighted by Gasteiger charge is -2.43. The van der Waals surface area contributed by atoms with E-state index in [4.69, 9.17) is 24.7 Å². The van der Waals surface area contributed by atoms with Crippen molar-refractivity contribution in [1.82, 2.24) is 5.32 Å². The van der Waals surface area contributed by atoms with E-state index in [9.17, 15) is 25.2 Å². The van der Waals surface area contributed by atoms with Crippen LogP contribution in [0.3, 0.4) is 0 Å². The third-order valence-electron chi connectivity index (χ3n) is 9.40.